The first-order chi connectivity index (χ1) is 18.1. The van der Waals surface area contributed by atoms with Gasteiger partial charge in [-0.3, -0.25) is 14.7 Å². The molecule has 1 aliphatic rings. The summed E-state index contributed by atoms with van der Waals surface area (Å²) in [5, 5.41) is 0.571. The number of benzene rings is 2. The third kappa shape index (κ3) is 5.18. The number of hydrogen-bond donors (Lipinski definition) is 0. The Balaban J connectivity index is 1.39. The minimum Gasteiger partial charge on any atom is -0.282 e. The van der Waals surface area contributed by atoms with Gasteiger partial charge < -0.3 is 0 Å². The van der Waals surface area contributed by atoms with Crippen molar-refractivity contribution in [3.8, 4) is 0 Å². The number of carbonyl (C=O) groups is 1. The minimum absolute atomic E-state index is 0.0906. The molecule has 0 saturated carbocycles. The number of thiazole rings is 1. The number of sulfonamides is 1. The number of hydrogen-bond acceptors (Lipinski definition) is 6. The van der Waals surface area contributed by atoms with Crippen LogP contribution in [0.25, 0.3) is 10.2 Å². The summed E-state index contributed by atoms with van der Waals surface area (Å²) in [7, 11) is -4.02. The predicted molar refractivity (Wildman–Crippen MR) is 142 cm³/mol. The van der Waals surface area contributed by atoms with E-state index in [1.54, 1.807) is 11.1 Å². The largest absolute Gasteiger partial charge is 0.282 e. The van der Waals surface area contributed by atoms with Gasteiger partial charge in [-0.05, 0) is 74.2 Å². The Morgan fingerprint density at radius 1 is 1.08 bits per heavy atom. The SMILES string of the molecule is Cc1cc(C)c2nc(N(Cc3ccccn3)C(=O)C3CCN(S(=O)(=O)c4ccc(F)c(F)c4)CC3)sc2c1. The number of aromatic nitrogens is 2. The number of rotatable bonds is 6. The number of carbonyl (C=O) groups excluding carboxylic acids is 1. The summed E-state index contributed by atoms with van der Waals surface area (Å²) in [6.45, 7) is 4.43. The second-order valence-electron chi connectivity index (χ2n) is 9.42. The third-order valence-corrected chi connectivity index (χ3v) is 9.61. The Labute approximate surface area is 223 Å². The zero-order valence-corrected chi connectivity index (χ0v) is 22.5. The zero-order chi connectivity index (χ0) is 27.0. The lowest BCUT2D eigenvalue weighted by Gasteiger charge is -2.33. The summed E-state index contributed by atoms with van der Waals surface area (Å²) < 4.78 is 55.2. The Morgan fingerprint density at radius 2 is 1.84 bits per heavy atom. The van der Waals surface area contributed by atoms with Crippen molar-refractivity contribution in [3.63, 3.8) is 0 Å². The van der Waals surface area contributed by atoms with Gasteiger partial charge in [0.05, 0.1) is 27.4 Å². The molecule has 0 bridgehead atoms. The zero-order valence-electron chi connectivity index (χ0n) is 20.9. The van der Waals surface area contributed by atoms with Gasteiger partial charge in [-0.25, -0.2) is 22.2 Å². The van der Waals surface area contributed by atoms with Crippen LogP contribution in [-0.4, -0.2) is 41.7 Å². The fraction of sp³-hybridized carbons (Fsp3) is 0.296. The Hall–Kier alpha value is -3.28. The Kier molecular flexibility index (Phi) is 7.26. The van der Waals surface area contributed by atoms with E-state index < -0.39 is 27.6 Å². The van der Waals surface area contributed by atoms with Gasteiger partial charge in [0, 0.05) is 25.2 Å². The second-order valence-corrected chi connectivity index (χ2v) is 12.4. The molecule has 3 heterocycles. The fourth-order valence-electron chi connectivity index (χ4n) is 4.72. The van der Waals surface area contributed by atoms with E-state index in [1.165, 1.54) is 15.6 Å². The molecule has 0 N–H and O–H groups in total. The molecule has 1 saturated heterocycles. The van der Waals surface area contributed by atoms with Gasteiger partial charge >= 0.3 is 0 Å². The first-order valence-electron chi connectivity index (χ1n) is 12.2. The van der Waals surface area contributed by atoms with E-state index in [0.717, 1.165) is 33.5 Å². The van der Waals surface area contributed by atoms with Crippen LogP contribution in [0.3, 0.4) is 0 Å². The number of halogens is 2. The van der Waals surface area contributed by atoms with Crippen LogP contribution in [0.15, 0.2) is 59.6 Å². The summed E-state index contributed by atoms with van der Waals surface area (Å²) in [6.07, 6.45) is 2.26. The maximum atomic E-state index is 13.8. The van der Waals surface area contributed by atoms with Gasteiger partial charge in [0.1, 0.15) is 0 Å². The van der Waals surface area contributed by atoms with Crippen molar-refractivity contribution >= 4 is 42.6 Å². The van der Waals surface area contributed by atoms with Crippen molar-refractivity contribution in [2.24, 2.45) is 5.92 Å². The molecule has 0 spiro atoms. The van der Waals surface area contributed by atoms with Crippen molar-refractivity contribution in [2.75, 3.05) is 18.0 Å². The lowest BCUT2D eigenvalue weighted by molar-refractivity contribution is -0.123. The summed E-state index contributed by atoms with van der Waals surface area (Å²) in [5.74, 6) is -2.90. The number of fused-ring (bicyclic) bond motifs is 1. The van der Waals surface area contributed by atoms with Crippen molar-refractivity contribution in [3.05, 3.63) is 83.2 Å². The van der Waals surface area contributed by atoms with E-state index in [9.17, 15) is 22.0 Å². The Bertz CT molecular complexity index is 1600. The molecule has 2 aromatic heterocycles. The van der Waals surface area contributed by atoms with Crippen molar-refractivity contribution < 1.29 is 22.0 Å². The normalized spacial score (nSPS) is 15.2. The number of pyridine rings is 1. The monoisotopic (exact) mass is 556 g/mol. The molecular formula is C27H26F2N4O3S2. The van der Waals surface area contributed by atoms with E-state index in [1.807, 2.05) is 32.0 Å². The maximum Gasteiger partial charge on any atom is 0.243 e. The molecule has 1 aliphatic heterocycles. The average Bonchev–Trinajstić information content (AvgIpc) is 3.33. The fourth-order valence-corrected chi connectivity index (χ4v) is 7.35. The van der Waals surface area contributed by atoms with E-state index in [0.29, 0.717) is 29.7 Å². The molecule has 2 aromatic carbocycles. The summed E-state index contributed by atoms with van der Waals surface area (Å²) in [4.78, 5) is 24.4. The maximum absolute atomic E-state index is 13.8. The van der Waals surface area contributed by atoms with E-state index in [-0.39, 0.29) is 30.4 Å². The number of aryl methyl sites for hydroxylation is 2. The minimum atomic E-state index is -4.02. The molecule has 4 aromatic rings. The van der Waals surface area contributed by atoms with Crippen LogP contribution in [0.5, 0.6) is 0 Å². The number of piperidine rings is 1. The smallest absolute Gasteiger partial charge is 0.243 e. The van der Waals surface area contributed by atoms with Gasteiger partial charge in [0.25, 0.3) is 0 Å². The highest BCUT2D eigenvalue weighted by Gasteiger charge is 2.35. The molecule has 7 nitrogen and oxygen atoms in total. The highest BCUT2D eigenvalue weighted by atomic mass is 32.2. The van der Waals surface area contributed by atoms with E-state index in [2.05, 4.69) is 17.1 Å². The van der Waals surface area contributed by atoms with E-state index >= 15 is 0 Å². The van der Waals surface area contributed by atoms with Crippen LogP contribution < -0.4 is 4.90 Å². The third-order valence-electron chi connectivity index (χ3n) is 6.69. The van der Waals surface area contributed by atoms with Crippen LogP contribution in [-0.2, 0) is 21.4 Å². The van der Waals surface area contributed by atoms with Crippen molar-refractivity contribution in [1.29, 1.82) is 0 Å². The standard InChI is InChI=1S/C27H26F2N4O3S2/c1-17-13-18(2)25-24(14-17)37-27(31-25)33(16-20-5-3-4-10-30-20)26(34)19-8-11-32(12-9-19)38(35,36)21-6-7-22(28)23(29)15-21/h3-7,10,13-15,19H,8-9,11-12,16H2,1-2H3. The summed E-state index contributed by atoms with van der Waals surface area (Å²) in [6, 6.07) is 12.2. The number of anilines is 1. The molecule has 0 aliphatic carbocycles. The van der Waals surface area contributed by atoms with Gasteiger partial charge in [-0.15, -0.1) is 0 Å². The number of nitrogens with zero attached hydrogens (tertiary/aromatic N) is 4. The predicted octanol–water partition coefficient (Wildman–Crippen LogP) is 5.22. The van der Waals surface area contributed by atoms with Crippen molar-refractivity contribution in [1.82, 2.24) is 14.3 Å². The first kappa shape index (κ1) is 26.3. The number of amides is 1. The quantitative estimate of drug-likeness (QED) is 0.325. The summed E-state index contributed by atoms with van der Waals surface area (Å²) in [5.41, 5.74) is 3.71. The van der Waals surface area contributed by atoms with Crippen LogP contribution in [0.2, 0.25) is 0 Å². The van der Waals surface area contributed by atoms with Crippen LogP contribution in [0, 0.1) is 31.4 Å². The molecule has 11 heteroatoms. The molecule has 198 valence electrons. The van der Waals surface area contributed by atoms with Crippen LogP contribution >= 0.6 is 11.3 Å². The van der Waals surface area contributed by atoms with Gasteiger partial charge in [0.2, 0.25) is 15.9 Å². The molecule has 5 rings (SSSR count). The molecule has 1 amide bonds. The first-order valence-corrected chi connectivity index (χ1v) is 14.4. The highest BCUT2D eigenvalue weighted by Crippen LogP contribution is 2.34. The second kappa shape index (κ2) is 10.5. The molecule has 0 unspecified atom stereocenters. The lowest BCUT2D eigenvalue weighted by atomic mass is 9.96. The molecule has 1 fully saturated rings. The highest BCUT2D eigenvalue weighted by molar-refractivity contribution is 7.89. The van der Waals surface area contributed by atoms with Crippen molar-refractivity contribution in [2.45, 2.75) is 38.1 Å². The average molecular weight is 557 g/mol. The molecule has 0 radical (unpaired) electrons. The van der Waals surface area contributed by atoms with Gasteiger partial charge in [-0.2, -0.15) is 4.31 Å². The molecule has 38 heavy (non-hydrogen) atoms. The Morgan fingerprint density at radius 3 is 2.53 bits per heavy atom. The summed E-state index contributed by atoms with van der Waals surface area (Å²) >= 11 is 1.44. The van der Waals surface area contributed by atoms with E-state index in [4.69, 9.17) is 4.98 Å². The molecular weight excluding hydrogens is 530 g/mol. The lowest BCUT2D eigenvalue weighted by Crippen LogP contribution is -2.44. The molecule has 0 atom stereocenters. The van der Waals surface area contributed by atoms with Crippen LogP contribution in [0.4, 0.5) is 13.9 Å². The van der Waals surface area contributed by atoms with Gasteiger partial charge in [-0.1, -0.05) is 23.5 Å². The van der Waals surface area contributed by atoms with Crippen LogP contribution in [0.1, 0.15) is 29.7 Å². The topological polar surface area (TPSA) is 83.5 Å². The van der Waals surface area contributed by atoms with Gasteiger partial charge in [0.15, 0.2) is 16.8 Å².